The number of hydrogen-bond acceptors (Lipinski definition) is 2. The van der Waals surface area contributed by atoms with Gasteiger partial charge in [0.2, 0.25) is 0 Å². The van der Waals surface area contributed by atoms with Crippen molar-refractivity contribution in [2.24, 2.45) is 0 Å². The summed E-state index contributed by atoms with van der Waals surface area (Å²) in [7, 11) is 2.15. The summed E-state index contributed by atoms with van der Waals surface area (Å²) in [6.45, 7) is 4.10. The maximum atomic E-state index is 4.03. The number of nitrogens with zero attached hydrogens (tertiary/aromatic N) is 2. The van der Waals surface area contributed by atoms with Crippen LogP contribution in [0.1, 0.15) is 16.7 Å². The molecule has 1 aromatic heterocycles. The summed E-state index contributed by atoms with van der Waals surface area (Å²) in [6, 6.07) is 12.7. The molecule has 0 aliphatic carbocycles. The van der Waals surface area contributed by atoms with Gasteiger partial charge in [-0.2, -0.15) is 0 Å². The van der Waals surface area contributed by atoms with Gasteiger partial charge < -0.3 is 0 Å². The fourth-order valence-corrected chi connectivity index (χ4v) is 1.93. The standard InChI is InChI=1S/C15H18N2/c1-13-5-3-4-6-15(13)12-17(2)11-14-7-9-16-10-8-14/h3-10H,11-12H2,1-2H3. The van der Waals surface area contributed by atoms with Crippen molar-refractivity contribution in [2.45, 2.75) is 20.0 Å². The van der Waals surface area contributed by atoms with Crippen LogP contribution in [-0.2, 0) is 13.1 Å². The van der Waals surface area contributed by atoms with Crippen molar-refractivity contribution in [3.05, 3.63) is 65.5 Å². The number of pyridine rings is 1. The monoisotopic (exact) mass is 226 g/mol. The molecule has 1 aromatic carbocycles. The summed E-state index contributed by atoms with van der Waals surface area (Å²) in [5.74, 6) is 0. The van der Waals surface area contributed by atoms with Crippen molar-refractivity contribution in [2.75, 3.05) is 7.05 Å². The van der Waals surface area contributed by atoms with Gasteiger partial charge in [-0.1, -0.05) is 24.3 Å². The van der Waals surface area contributed by atoms with Gasteiger partial charge in [-0.25, -0.2) is 0 Å². The topological polar surface area (TPSA) is 16.1 Å². The zero-order chi connectivity index (χ0) is 12.1. The van der Waals surface area contributed by atoms with Crippen molar-refractivity contribution >= 4 is 0 Å². The van der Waals surface area contributed by atoms with E-state index in [1.54, 1.807) is 0 Å². The van der Waals surface area contributed by atoms with Crippen LogP contribution in [0.2, 0.25) is 0 Å². The molecule has 0 unspecified atom stereocenters. The van der Waals surface area contributed by atoms with Gasteiger partial charge in [0.05, 0.1) is 0 Å². The molecule has 2 rings (SSSR count). The molecular weight excluding hydrogens is 208 g/mol. The Bertz CT molecular complexity index is 465. The van der Waals surface area contributed by atoms with E-state index in [1.165, 1.54) is 16.7 Å². The molecule has 0 aliphatic heterocycles. The van der Waals surface area contributed by atoms with Crippen molar-refractivity contribution in [3.8, 4) is 0 Å². The molecule has 0 saturated carbocycles. The van der Waals surface area contributed by atoms with E-state index in [9.17, 15) is 0 Å². The lowest BCUT2D eigenvalue weighted by atomic mass is 10.1. The van der Waals surface area contributed by atoms with Crippen molar-refractivity contribution in [3.63, 3.8) is 0 Å². The van der Waals surface area contributed by atoms with Crippen LogP contribution in [0.3, 0.4) is 0 Å². The molecule has 17 heavy (non-hydrogen) atoms. The average molecular weight is 226 g/mol. The van der Waals surface area contributed by atoms with E-state index in [1.807, 2.05) is 12.4 Å². The Morgan fingerprint density at radius 2 is 1.71 bits per heavy atom. The van der Waals surface area contributed by atoms with Gasteiger partial charge >= 0.3 is 0 Å². The third-order valence-electron chi connectivity index (χ3n) is 2.90. The van der Waals surface area contributed by atoms with Gasteiger partial charge in [0.25, 0.3) is 0 Å². The smallest absolute Gasteiger partial charge is 0.0271 e. The molecule has 0 saturated heterocycles. The number of rotatable bonds is 4. The minimum Gasteiger partial charge on any atom is -0.298 e. The van der Waals surface area contributed by atoms with Crippen LogP contribution >= 0.6 is 0 Å². The van der Waals surface area contributed by atoms with Crippen LogP contribution in [0.25, 0.3) is 0 Å². The number of hydrogen-bond donors (Lipinski definition) is 0. The van der Waals surface area contributed by atoms with Crippen molar-refractivity contribution in [1.29, 1.82) is 0 Å². The molecule has 0 N–H and O–H groups in total. The molecule has 0 bridgehead atoms. The zero-order valence-electron chi connectivity index (χ0n) is 10.4. The molecule has 2 aromatic rings. The Labute approximate surface area is 103 Å². The number of aryl methyl sites for hydroxylation is 1. The van der Waals surface area contributed by atoms with E-state index < -0.39 is 0 Å². The molecule has 0 atom stereocenters. The molecule has 0 aliphatic rings. The summed E-state index contributed by atoms with van der Waals surface area (Å²) >= 11 is 0. The van der Waals surface area contributed by atoms with Gasteiger partial charge in [0.15, 0.2) is 0 Å². The van der Waals surface area contributed by atoms with E-state index in [0.717, 1.165) is 13.1 Å². The second kappa shape index (κ2) is 5.60. The third-order valence-corrected chi connectivity index (χ3v) is 2.90. The Balaban J connectivity index is 1.98. The Morgan fingerprint density at radius 3 is 2.41 bits per heavy atom. The van der Waals surface area contributed by atoms with E-state index >= 15 is 0 Å². The van der Waals surface area contributed by atoms with E-state index in [0.29, 0.717) is 0 Å². The maximum absolute atomic E-state index is 4.03. The predicted molar refractivity (Wildman–Crippen MR) is 70.6 cm³/mol. The predicted octanol–water partition coefficient (Wildman–Crippen LogP) is 3.02. The molecular formula is C15H18N2. The van der Waals surface area contributed by atoms with Gasteiger partial charge in [-0.05, 0) is 42.8 Å². The molecule has 0 radical (unpaired) electrons. The SMILES string of the molecule is Cc1ccccc1CN(C)Cc1ccncc1. The fourth-order valence-electron chi connectivity index (χ4n) is 1.93. The van der Waals surface area contributed by atoms with Crippen LogP contribution in [0.4, 0.5) is 0 Å². The highest BCUT2D eigenvalue weighted by atomic mass is 15.1. The Kier molecular flexibility index (Phi) is 3.89. The van der Waals surface area contributed by atoms with Crippen molar-refractivity contribution in [1.82, 2.24) is 9.88 Å². The first-order chi connectivity index (χ1) is 8.25. The summed E-state index contributed by atoms with van der Waals surface area (Å²) in [4.78, 5) is 6.35. The molecule has 0 amide bonds. The molecule has 88 valence electrons. The normalized spacial score (nSPS) is 10.8. The minimum absolute atomic E-state index is 0.955. The van der Waals surface area contributed by atoms with E-state index in [-0.39, 0.29) is 0 Å². The average Bonchev–Trinajstić information content (AvgIpc) is 2.33. The fraction of sp³-hybridized carbons (Fsp3) is 0.267. The summed E-state index contributed by atoms with van der Waals surface area (Å²) < 4.78 is 0. The van der Waals surface area contributed by atoms with E-state index in [2.05, 4.69) is 60.3 Å². The first-order valence-corrected chi connectivity index (χ1v) is 5.87. The van der Waals surface area contributed by atoms with Gasteiger partial charge in [0.1, 0.15) is 0 Å². The molecule has 1 heterocycles. The highest BCUT2D eigenvalue weighted by molar-refractivity contribution is 5.25. The molecule has 0 fully saturated rings. The maximum Gasteiger partial charge on any atom is 0.0271 e. The highest BCUT2D eigenvalue weighted by Crippen LogP contribution is 2.11. The Morgan fingerprint density at radius 1 is 1.00 bits per heavy atom. The second-order valence-electron chi connectivity index (χ2n) is 4.45. The van der Waals surface area contributed by atoms with Crippen LogP contribution in [-0.4, -0.2) is 16.9 Å². The van der Waals surface area contributed by atoms with Crippen LogP contribution in [0.15, 0.2) is 48.8 Å². The Hall–Kier alpha value is -1.67. The van der Waals surface area contributed by atoms with E-state index in [4.69, 9.17) is 0 Å². The summed E-state index contributed by atoms with van der Waals surface area (Å²) in [6.07, 6.45) is 3.69. The number of aromatic nitrogens is 1. The second-order valence-corrected chi connectivity index (χ2v) is 4.45. The summed E-state index contributed by atoms with van der Waals surface area (Å²) in [5, 5.41) is 0. The first kappa shape index (κ1) is 11.8. The highest BCUT2D eigenvalue weighted by Gasteiger charge is 2.03. The summed E-state index contributed by atoms with van der Waals surface area (Å²) in [5.41, 5.74) is 4.05. The van der Waals surface area contributed by atoms with Crippen LogP contribution < -0.4 is 0 Å². The minimum atomic E-state index is 0.955. The van der Waals surface area contributed by atoms with Crippen LogP contribution in [0, 0.1) is 6.92 Å². The van der Waals surface area contributed by atoms with Gasteiger partial charge in [-0.15, -0.1) is 0 Å². The third kappa shape index (κ3) is 3.40. The largest absolute Gasteiger partial charge is 0.298 e. The van der Waals surface area contributed by atoms with Crippen molar-refractivity contribution < 1.29 is 0 Å². The lowest BCUT2D eigenvalue weighted by Crippen LogP contribution is -2.17. The van der Waals surface area contributed by atoms with Crippen LogP contribution in [0.5, 0.6) is 0 Å². The molecule has 2 heteroatoms. The first-order valence-electron chi connectivity index (χ1n) is 5.87. The van der Waals surface area contributed by atoms with Gasteiger partial charge in [-0.3, -0.25) is 9.88 Å². The molecule has 2 nitrogen and oxygen atoms in total. The lowest BCUT2D eigenvalue weighted by molar-refractivity contribution is 0.318. The zero-order valence-corrected chi connectivity index (χ0v) is 10.4. The lowest BCUT2D eigenvalue weighted by Gasteiger charge is -2.17. The number of benzene rings is 1. The van der Waals surface area contributed by atoms with Gasteiger partial charge in [0, 0.05) is 25.5 Å². The molecule has 0 spiro atoms. The quantitative estimate of drug-likeness (QED) is 0.796.